The fourth-order valence-corrected chi connectivity index (χ4v) is 2.78. The Bertz CT molecular complexity index is 1020. The van der Waals surface area contributed by atoms with Crippen LogP contribution < -0.4 is 10.1 Å². The van der Waals surface area contributed by atoms with Gasteiger partial charge in [0.15, 0.2) is 12.4 Å². The quantitative estimate of drug-likeness (QED) is 0.623. The second kappa shape index (κ2) is 9.34. The molecule has 0 fully saturated rings. The maximum Gasteiger partial charge on any atom is 0.321 e. The fourth-order valence-electron chi connectivity index (χ4n) is 2.78. The van der Waals surface area contributed by atoms with Crippen LogP contribution in [0.4, 0.5) is 19.3 Å². The number of benzene rings is 2. The molecule has 1 aromatic heterocycles. The van der Waals surface area contributed by atoms with Gasteiger partial charge in [0.05, 0.1) is 5.69 Å². The Labute approximate surface area is 172 Å². The smallest absolute Gasteiger partial charge is 0.321 e. The number of nitrogens with one attached hydrogen (secondary N) is 1. The molecule has 2 amide bonds. The number of halogens is 2. The molecule has 3 rings (SSSR count). The van der Waals surface area contributed by atoms with Crippen molar-refractivity contribution in [3.63, 3.8) is 0 Å². The lowest BCUT2D eigenvalue weighted by Crippen LogP contribution is -2.33. The molecule has 0 aliphatic heterocycles. The standard InChI is InChI=1S/C21H22F2N4O3/c1-13-8-14(2)10-16(9-13)29-12-20-25-19(26-30-20)6-7-27(3)21(28)24-18-5-4-15(22)11-17(18)23/h4-5,8-11H,6-7,12H2,1-3H3,(H,24,28). The Hall–Kier alpha value is -3.49. The van der Waals surface area contributed by atoms with Crippen LogP contribution >= 0.6 is 0 Å². The number of carbonyl (C=O) groups excluding carboxylic acids is 1. The van der Waals surface area contributed by atoms with Crippen LogP contribution in [0.2, 0.25) is 0 Å². The predicted octanol–water partition coefficient (Wildman–Crippen LogP) is 4.25. The lowest BCUT2D eigenvalue weighted by Gasteiger charge is -2.17. The maximum atomic E-state index is 13.6. The number of anilines is 1. The summed E-state index contributed by atoms with van der Waals surface area (Å²) in [5, 5.41) is 6.26. The predicted molar refractivity (Wildman–Crippen MR) is 106 cm³/mol. The van der Waals surface area contributed by atoms with Crippen molar-refractivity contribution in [2.75, 3.05) is 18.9 Å². The van der Waals surface area contributed by atoms with Gasteiger partial charge >= 0.3 is 6.03 Å². The van der Waals surface area contributed by atoms with Crippen LogP contribution in [0.15, 0.2) is 40.9 Å². The molecule has 30 heavy (non-hydrogen) atoms. The van der Waals surface area contributed by atoms with Gasteiger partial charge in [-0.15, -0.1) is 0 Å². The van der Waals surface area contributed by atoms with E-state index >= 15 is 0 Å². The number of hydrogen-bond acceptors (Lipinski definition) is 5. The molecule has 7 nitrogen and oxygen atoms in total. The van der Waals surface area contributed by atoms with Gasteiger partial charge in [-0.25, -0.2) is 13.6 Å². The highest BCUT2D eigenvalue weighted by atomic mass is 19.1. The number of hydrogen-bond donors (Lipinski definition) is 1. The zero-order valence-electron chi connectivity index (χ0n) is 16.9. The number of urea groups is 1. The molecule has 0 aliphatic carbocycles. The summed E-state index contributed by atoms with van der Waals surface area (Å²) < 4.78 is 37.5. The normalized spacial score (nSPS) is 10.7. The van der Waals surface area contributed by atoms with E-state index in [2.05, 4.69) is 21.5 Å². The SMILES string of the molecule is Cc1cc(C)cc(OCc2nc(CCN(C)C(=O)Nc3ccc(F)cc3F)no2)c1. The van der Waals surface area contributed by atoms with E-state index < -0.39 is 17.7 Å². The Kier molecular flexibility index (Phi) is 6.61. The van der Waals surface area contributed by atoms with Crippen molar-refractivity contribution in [3.8, 4) is 5.75 Å². The molecule has 0 saturated carbocycles. The van der Waals surface area contributed by atoms with E-state index in [1.807, 2.05) is 26.0 Å². The van der Waals surface area contributed by atoms with Crippen LogP contribution in [0.5, 0.6) is 5.75 Å². The average molecular weight is 416 g/mol. The van der Waals surface area contributed by atoms with E-state index in [0.717, 1.165) is 29.0 Å². The average Bonchev–Trinajstić information content (AvgIpc) is 3.14. The van der Waals surface area contributed by atoms with E-state index in [1.165, 1.54) is 4.90 Å². The second-order valence-electron chi connectivity index (χ2n) is 6.94. The summed E-state index contributed by atoms with van der Waals surface area (Å²) in [4.78, 5) is 17.7. The third-order valence-corrected chi connectivity index (χ3v) is 4.26. The third kappa shape index (κ3) is 5.76. The number of rotatable bonds is 7. The van der Waals surface area contributed by atoms with Crippen molar-refractivity contribution in [2.24, 2.45) is 0 Å². The molecule has 0 aliphatic rings. The van der Waals surface area contributed by atoms with Crippen LogP contribution in [0.1, 0.15) is 22.8 Å². The van der Waals surface area contributed by atoms with E-state index in [1.54, 1.807) is 7.05 Å². The molecule has 0 bridgehead atoms. The van der Waals surface area contributed by atoms with Gasteiger partial charge < -0.3 is 19.5 Å². The number of aromatic nitrogens is 2. The molecule has 2 aromatic carbocycles. The molecule has 0 unspecified atom stereocenters. The first kappa shape index (κ1) is 21.2. The largest absolute Gasteiger partial charge is 0.484 e. The molecular formula is C21H22F2N4O3. The van der Waals surface area contributed by atoms with Crippen molar-refractivity contribution in [1.82, 2.24) is 15.0 Å². The molecule has 0 radical (unpaired) electrons. The Morgan fingerprint density at radius 1 is 1.17 bits per heavy atom. The Morgan fingerprint density at radius 3 is 2.60 bits per heavy atom. The molecule has 0 atom stereocenters. The van der Waals surface area contributed by atoms with Gasteiger partial charge in [0, 0.05) is 26.1 Å². The minimum Gasteiger partial charge on any atom is -0.484 e. The number of likely N-dealkylation sites (N-methyl/N-ethyl adjacent to an activating group) is 1. The van der Waals surface area contributed by atoms with E-state index in [9.17, 15) is 13.6 Å². The minimum atomic E-state index is -0.844. The van der Waals surface area contributed by atoms with Crippen molar-refractivity contribution in [1.29, 1.82) is 0 Å². The van der Waals surface area contributed by atoms with Gasteiger partial charge in [-0.1, -0.05) is 11.2 Å². The van der Waals surface area contributed by atoms with Crippen LogP contribution in [0, 0.1) is 25.5 Å². The van der Waals surface area contributed by atoms with E-state index in [0.29, 0.717) is 24.2 Å². The van der Waals surface area contributed by atoms with Crippen LogP contribution in [-0.4, -0.2) is 34.7 Å². The summed E-state index contributed by atoms with van der Waals surface area (Å²) in [7, 11) is 1.54. The molecule has 0 saturated heterocycles. The summed E-state index contributed by atoms with van der Waals surface area (Å²) in [6.45, 7) is 4.38. The maximum absolute atomic E-state index is 13.6. The zero-order chi connectivity index (χ0) is 21.7. The molecule has 158 valence electrons. The van der Waals surface area contributed by atoms with Gasteiger partial charge in [0.1, 0.15) is 17.4 Å². The molecule has 1 heterocycles. The second-order valence-corrected chi connectivity index (χ2v) is 6.94. The molecule has 1 N–H and O–H groups in total. The molecular weight excluding hydrogens is 394 g/mol. The first-order chi connectivity index (χ1) is 14.3. The molecule has 9 heteroatoms. The van der Waals surface area contributed by atoms with Gasteiger partial charge in [0.2, 0.25) is 0 Å². The summed E-state index contributed by atoms with van der Waals surface area (Å²) in [5.74, 6) is -0.0976. The number of carbonyl (C=O) groups is 1. The summed E-state index contributed by atoms with van der Waals surface area (Å²) in [5.41, 5.74) is 2.09. The molecule has 0 spiro atoms. The van der Waals surface area contributed by atoms with E-state index in [-0.39, 0.29) is 18.8 Å². The number of aryl methyl sites for hydroxylation is 2. The van der Waals surface area contributed by atoms with Crippen molar-refractivity contribution in [3.05, 3.63) is 70.9 Å². The topological polar surface area (TPSA) is 80.5 Å². The van der Waals surface area contributed by atoms with Gasteiger partial charge in [-0.05, 0) is 49.2 Å². The summed E-state index contributed by atoms with van der Waals surface area (Å²) in [6, 6.07) is 8.29. The summed E-state index contributed by atoms with van der Waals surface area (Å²) >= 11 is 0. The summed E-state index contributed by atoms with van der Waals surface area (Å²) in [6.07, 6.45) is 0.336. The van der Waals surface area contributed by atoms with Gasteiger partial charge in [0.25, 0.3) is 5.89 Å². The lowest BCUT2D eigenvalue weighted by atomic mass is 10.1. The van der Waals surface area contributed by atoms with Gasteiger partial charge in [-0.3, -0.25) is 0 Å². The number of amides is 2. The van der Waals surface area contributed by atoms with Crippen molar-refractivity contribution >= 4 is 11.7 Å². The highest BCUT2D eigenvalue weighted by Crippen LogP contribution is 2.18. The highest BCUT2D eigenvalue weighted by Gasteiger charge is 2.14. The zero-order valence-corrected chi connectivity index (χ0v) is 16.9. The first-order valence-electron chi connectivity index (χ1n) is 9.30. The first-order valence-corrected chi connectivity index (χ1v) is 9.30. The highest BCUT2D eigenvalue weighted by molar-refractivity contribution is 5.89. The monoisotopic (exact) mass is 416 g/mol. The fraction of sp³-hybridized carbons (Fsp3) is 0.286. The van der Waals surface area contributed by atoms with Crippen molar-refractivity contribution in [2.45, 2.75) is 26.9 Å². The number of nitrogens with zero attached hydrogens (tertiary/aromatic N) is 3. The molecule has 3 aromatic rings. The minimum absolute atomic E-state index is 0.0985. The Balaban J connectivity index is 1.48. The van der Waals surface area contributed by atoms with Crippen LogP contribution in [0.25, 0.3) is 0 Å². The third-order valence-electron chi connectivity index (χ3n) is 4.26. The van der Waals surface area contributed by atoms with E-state index in [4.69, 9.17) is 9.26 Å². The van der Waals surface area contributed by atoms with Gasteiger partial charge in [-0.2, -0.15) is 4.98 Å². The van der Waals surface area contributed by atoms with Crippen molar-refractivity contribution < 1.29 is 22.8 Å². The lowest BCUT2D eigenvalue weighted by molar-refractivity contribution is 0.222. The number of ether oxygens (including phenoxy) is 1. The Morgan fingerprint density at radius 2 is 1.90 bits per heavy atom. The van der Waals surface area contributed by atoms with Crippen LogP contribution in [-0.2, 0) is 13.0 Å². The van der Waals surface area contributed by atoms with Crippen LogP contribution in [0.3, 0.4) is 0 Å².